The molecule has 4 nitrogen and oxygen atoms in total. The summed E-state index contributed by atoms with van der Waals surface area (Å²) in [6, 6.07) is 4.19. The van der Waals surface area contributed by atoms with E-state index in [4.69, 9.17) is 0 Å². The smallest absolute Gasteiger partial charge is 0.224 e. The monoisotopic (exact) mass is 326 g/mol. The Morgan fingerprint density at radius 2 is 2.33 bits per heavy atom. The normalized spacial score (nSPS) is 10.4. The van der Waals surface area contributed by atoms with Crippen LogP contribution in [-0.2, 0) is 6.54 Å². The fraction of sp³-hybridized carbons (Fsp3) is 0.333. The number of hydrogen-bond acceptors (Lipinski definition) is 5. The van der Waals surface area contributed by atoms with E-state index in [1.807, 2.05) is 14.0 Å². The lowest BCUT2D eigenvalue weighted by Crippen LogP contribution is -2.18. The van der Waals surface area contributed by atoms with Crippen molar-refractivity contribution in [2.24, 2.45) is 0 Å². The SMILES string of the molecule is CCNc1ncc(Br)c(N(C)Cc2cccs2)n1. The average molecular weight is 327 g/mol. The highest BCUT2D eigenvalue weighted by molar-refractivity contribution is 9.10. The summed E-state index contributed by atoms with van der Waals surface area (Å²) in [6.07, 6.45) is 1.78. The summed E-state index contributed by atoms with van der Waals surface area (Å²) in [6.45, 7) is 3.69. The van der Waals surface area contributed by atoms with Crippen LogP contribution in [0.3, 0.4) is 0 Å². The molecule has 0 aliphatic rings. The third-order valence-electron chi connectivity index (χ3n) is 2.40. The summed E-state index contributed by atoms with van der Waals surface area (Å²) < 4.78 is 0.906. The zero-order valence-electron chi connectivity index (χ0n) is 10.4. The molecule has 6 heteroatoms. The average Bonchev–Trinajstić information content (AvgIpc) is 2.84. The van der Waals surface area contributed by atoms with Crippen LogP contribution < -0.4 is 10.2 Å². The Bertz CT molecular complexity index is 501. The molecule has 0 saturated heterocycles. The van der Waals surface area contributed by atoms with Crippen molar-refractivity contribution in [3.8, 4) is 0 Å². The second kappa shape index (κ2) is 6.15. The van der Waals surface area contributed by atoms with E-state index in [0.717, 1.165) is 23.4 Å². The van der Waals surface area contributed by atoms with E-state index in [1.54, 1.807) is 17.5 Å². The maximum Gasteiger partial charge on any atom is 0.224 e. The van der Waals surface area contributed by atoms with Gasteiger partial charge in [0.05, 0.1) is 11.0 Å². The molecule has 0 unspecified atom stereocenters. The Balaban J connectivity index is 2.17. The van der Waals surface area contributed by atoms with Gasteiger partial charge in [-0.05, 0) is 34.3 Å². The summed E-state index contributed by atoms with van der Waals surface area (Å²) >= 11 is 5.25. The fourth-order valence-electron chi connectivity index (χ4n) is 1.58. The molecule has 1 N–H and O–H groups in total. The zero-order chi connectivity index (χ0) is 13.0. The van der Waals surface area contributed by atoms with Crippen molar-refractivity contribution in [1.29, 1.82) is 0 Å². The molecule has 18 heavy (non-hydrogen) atoms. The van der Waals surface area contributed by atoms with Crippen molar-refractivity contribution in [1.82, 2.24) is 9.97 Å². The van der Waals surface area contributed by atoms with Gasteiger partial charge in [0.1, 0.15) is 5.82 Å². The highest BCUT2D eigenvalue weighted by Crippen LogP contribution is 2.25. The number of nitrogens with zero attached hydrogens (tertiary/aromatic N) is 3. The van der Waals surface area contributed by atoms with Gasteiger partial charge in [-0.15, -0.1) is 11.3 Å². The lowest BCUT2D eigenvalue weighted by molar-refractivity contribution is 0.898. The van der Waals surface area contributed by atoms with Crippen molar-refractivity contribution < 1.29 is 0 Å². The Labute approximate surface area is 119 Å². The molecule has 0 bridgehead atoms. The third-order valence-corrected chi connectivity index (χ3v) is 3.82. The summed E-state index contributed by atoms with van der Waals surface area (Å²) in [7, 11) is 2.03. The zero-order valence-corrected chi connectivity index (χ0v) is 12.8. The lowest BCUT2D eigenvalue weighted by atomic mass is 10.4. The maximum absolute atomic E-state index is 4.50. The van der Waals surface area contributed by atoms with Gasteiger partial charge in [-0.3, -0.25) is 0 Å². The van der Waals surface area contributed by atoms with Gasteiger partial charge in [-0.2, -0.15) is 4.98 Å². The Morgan fingerprint density at radius 3 is 3.00 bits per heavy atom. The van der Waals surface area contributed by atoms with E-state index in [0.29, 0.717) is 5.95 Å². The molecule has 0 saturated carbocycles. The van der Waals surface area contributed by atoms with Gasteiger partial charge < -0.3 is 10.2 Å². The maximum atomic E-state index is 4.50. The van der Waals surface area contributed by atoms with Gasteiger partial charge in [0.2, 0.25) is 5.95 Å². The molecule has 0 aromatic carbocycles. The van der Waals surface area contributed by atoms with Crippen LogP contribution in [0.5, 0.6) is 0 Å². The van der Waals surface area contributed by atoms with Crippen LogP contribution in [0.2, 0.25) is 0 Å². The van der Waals surface area contributed by atoms with Crippen LogP contribution in [0.25, 0.3) is 0 Å². The van der Waals surface area contributed by atoms with Gasteiger partial charge in [-0.1, -0.05) is 6.07 Å². The number of nitrogens with one attached hydrogen (secondary N) is 1. The summed E-state index contributed by atoms with van der Waals surface area (Å²) in [5.41, 5.74) is 0. The van der Waals surface area contributed by atoms with Crippen LogP contribution in [-0.4, -0.2) is 23.6 Å². The van der Waals surface area contributed by atoms with E-state index in [1.165, 1.54) is 4.88 Å². The highest BCUT2D eigenvalue weighted by atomic mass is 79.9. The molecule has 0 aliphatic carbocycles. The van der Waals surface area contributed by atoms with Crippen molar-refractivity contribution in [3.63, 3.8) is 0 Å². The number of anilines is 2. The van der Waals surface area contributed by atoms with E-state index in [-0.39, 0.29) is 0 Å². The molecule has 0 atom stereocenters. The Kier molecular flexibility index (Phi) is 4.54. The lowest BCUT2D eigenvalue weighted by Gasteiger charge is -2.19. The first kappa shape index (κ1) is 13.3. The molecule has 2 aromatic rings. The second-order valence-corrected chi connectivity index (χ2v) is 5.72. The van der Waals surface area contributed by atoms with Gasteiger partial charge in [0.15, 0.2) is 0 Å². The molecular weight excluding hydrogens is 312 g/mol. The van der Waals surface area contributed by atoms with E-state index < -0.39 is 0 Å². The topological polar surface area (TPSA) is 41.1 Å². The Morgan fingerprint density at radius 1 is 1.50 bits per heavy atom. The minimum atomic E-state index is 0.661. The first-order valence-corrected chi connectivity index (χ1v) is 7.38. The third kappa shape index (κ3) is 3.20. The van der Waals surface area contributed by atoms with Crippen LogP contribution in [0.4, 0.5) is 11.8 Å². The van der Waals surface area contributed by atoms with Gasteiger partial charge in [0.25, 0.3) is 0 Å². The minimum Gasteiger partial charge on any atom is -0.354 e. The molecule has 0 fully saturated rings. The van der Waals surface area contributed by atoms with E-state index in [2.05, 4.69) is 53.6 Å². The number of aromatic nitrogens is 2. The largest absolute Gasteiger partial charge is 0.354 e. The number of halogens is 1. The highest BCUT2D eigenvalue weighted by Gasteiger charge is 2.10. The molecular formula is C12H15BrN4S. The second-order valence-electron chi connectivity index (χ2n) is 3.83. The molecule has 2 rings (SSSR count). The molecule has 0 aliphatic heterocycles. The molecule has 96 valence electrons. The Hall–Kier alpha value is -1.14. The number of hydrogen-bond donors (Lipinski definition) is 1. The van der Waals surface area contributed by atoms with Crippen LogP contribution in [0.1, 0.15) is 11.8 Å². The predicted molar refractivity (Wildman–Crippen MR) is 80.3 cm³/mol. The molecule has 0 amide bonds. The quantitative estimate of drug-likeness (QED) is 0.914. The summed E-state index contributed by atoms with van der Waals surface area (Å²) in [4.78, 5) is 12.1. The van der Waals surface area contributed by atoms with E-state index in [9.17, 15) is 0 Å². The number of thiophene rings is 1. The van der Waals surface area contributed by atoms with Gasteiger partial charge in [-0.25, -0.2) is 4.98 Å². The summed E-state index contributed by atoms with van der Waals surface area (Å²) in [5, 5.41) is 5.21. The fourth-order valence-corrected chi connectivity index (χ4v) is 2.83. The first-order valence-electron chi connectivity index (χ1n) is 5.70. The van der Waals surface area contributed by atoms with Crippen molar-refractivity contribution in [2.45, 2.75) is 13.5 Å². The van der Waals surface area contributed by atoms with Crippen molar-refractivity contribution >= 4 is 39.0 Å². The molecule has 2 aromatic heterocycles. The first-order chi connectivity index (χ1) is 8.70. The predicted octanol–water partition coefficient (Wildman–Crippen LogP) is 3.37. The number of rotatable bonds is 5. The van der Waals surface area contributed by atoms with Crippen LogP contribution >= 0.6 is 27.3 Å². The molecule has 2 heterocycles. The van der Waals surface area contributed by atoms with Crippen molar-refractivity contribution in [3.05, 3.63) is 33.1 Å². The summed E-state index contributed by atoms with van der Waals surface area (Å²) in [5.74, 6) is 1.56. The minimum absolute atomic E-state index is 0.661. The van der Waals surface area contributed by atoms with Crippen molar-refractivity contribution in [2.75, 3.05) is 23.8 Å². The molecule has 0 spiro atoms. The standard InChI is InChI=1S/C12H15BrN4S/c1-3-14-12-15-7-10(13)11(16-12)17(2)8-9-5-4-6-18-9/h4-7H,3,8H2,1-2H3,(H,14,15,16). The van der Waals surface area contributed by atoms with Crippen LogP contribution in [0, 0.1) is 0 Å². The van der Waals surface area contributed by atoms with E-state index >= 15 is 0 Å². The molecule has 0 radical (unpaired) electrons. The van der Waals surface area contributed by atoms with Gasteiger partial charge in [0, 0.05) is 24.7 Å². The van der Waals surface area contributed by atoms with Gasteiger partial charge >= 0.3 is 0 Å². The van der Waals surface area contributed by atoms with Crippen LogP contribution in [0.15, 0.2) is 28.2 Å².